The minimum atomic E-state index is -0.258. The molecule has 0 bridgehead atoms. The van der Waals surface area contributed by atoms with Gasteiger partial charge in [-0.25, -0.2) is 4.39 Å². The largest absolute Gasteiger partial charge is 0.459 e. The van der Waals surface area contributed by atoms with Crippen LogP contribution >= 0.6 is 0 Å². The molecule has 1 aromatic carbocycles. The van der Waals surface area contributed by atoms with Gasteiger partial charge in [0.05, 0.1) is 19.8 Å². The van der Waals surface area contributed by atoms with E-state index in [4.69, 9.17) is 13.9 Å². The Kier molecular flexibility index (Phi) is 7.06. The van der Waals surface area contributed by atoms with Crippen molar-refractivity contribution in [3.05, 3.63) is 35.3 Å². The van der Waals surface area contributed by atoms with Gasteiger partial charge in [0.2, 0.25) is 0 Å². The van der Waals surface area contributed by atoms with Gasteiger partial charge >= 0.3 is 0 Å². The van der Waals surface area contributed by atoms with Gasteiger partial charge in [-0.3, -0.25) is 4.99 Å². The van der Waals surface area contributed by atoms with Gasteiger partial charge in [0, 0.05) is 43.7 Å². The Balaban J connectivity index is 1.38. The second-order valence-corrected chi connectivity index (χ2v) is 6.80. The second-order valence-electron chi connectivity index (χ2n) is 6.80. The minimum Gasteiger partial charge on any atom is -0.459 e. The zero-order valence-corrected chi connectivity index (χ0v) is 16.0. The second kappa shape index (κ2) is 9.71. The monoisotopic (exact) mass is 377 g/mol. The fourth-order valence-electron chi connectivity index (χ4n) is 3.14. The van der Waals surface area contributed by atoms with Gasteiger partial charge in [-0.05, 0) is 38.0 Å². The maximum Gasteiger partial charge on any atom is 0.191 e. The summed E-state index contributed by atoms with van der Waals surface area (Å²) in [6, 6.07) is 4.57. The molecule has 1 fully saturated rings. The SMILES string of the molecule is CN=C(NCCCOCC1CCOC1)NCc1oc2ccc(F)cc2c1C. The Hall–Kier alpha value is -2.12. The first-order valence-corrected chi connectivity index (χ1v) is 9.45. The molecule has 1 aliphatic rings. The molecule has 2 aromatic rings. The Morgan fingerprint density at radius 2 is 2.26 bits per heavy atom. The van der Waals surface area contributed by atoms with Crippen LogP contribution in [0.1, 0.15) is 24.2 Å². The van der Waals surface area contributed by atoms with Crippen LogP contribution in [0.25, 0.3) is 11.0 Å². The van der Waals surface area contributed by atoms with Gasteiger partial charge in [-0.15, -0.1) is 0 Å². The Morgan fingerprint density at radius 3 is 3.04 bits per heavy atom. The smallest absolute Gasteiger partial charge is 0.191 e. The molecule has 1 atom stereocenters. The first-order chi connectivity index (χ1) is 13.2. The topological polar surface area (TPSA) is 68.0 Å². The minimum absolute atomic E-state index is 0.258. The van der Waals surface area contributed by atoms with Crippen molar-refractivity contribution in [1.29, 1.82) is 0 Å². The van der Waals surface area contributed by atoms with Crippen LogP contribution in [-0.4, -0.2) is 46.0 Å². The highest BCUT2D eigenvalue weighted by Crippen LogP contribution is 2.25. The fraction of sp³-hybridized carbons (Fsp3) is 0.550. The van der Waals surface area contributed by atoms with Crippen LogP contribution in [0, 0.1) is 18.7 Å². The van der Waals surface area contributed by atoms with Gasteiger partial charge in [0.15, 0.2) is 5.96 Å². The molecular weight excluding hydrogens is 349 g/mol. The zero-order chi connectivity index (χ0) is 19.1. The molecule has 0 aliphatic carbocycles. The third kappa shape index (κ3) is 5.43. The highest BCUT2D eigenvalue weighted by molar-refractivity contribution is 5.83. The van der Waals surface area contributed by atoms with E-state index < -0.39 is 0 Å². The van der Waals surface area contributed by atoms with Crippen LogP contribution < -0.4 is 10.6 Å². The van der Waals surface area contributed by atoms with Gasteiger partial charge in [-0.1, -0.05) is 0 Å². The molecule has 6 nitrogen and oxygen atoms in total. The predicted molar refractivity (Wildman–Crippen MR) is 103 cm³/mol. The number of nitrogens with one attached hydrogen (secondary N) is 2. The number of benzene rings is 1. The van der Waals surface area contributed by atoms with Crippen molar-refractivity contribution in [2.24, 2.45) is 10.9 Å². The van der Waals surface area contributed by atoms with Crippen molar-refractivity contribution in [1.82, 2.24) is 10.6 Å². The summed E-state index contributed by atoms with van der Waals surface area (Å²) in [4.78, 5) is 4.22. The number of nitrogens with zero attached hydrogens (tertiary/aromatic N) is 1. The van der Waals surface area contributed by atoms with E-state index in [1.807, 2.05) is 6.92 Å². The summed E-state index contributed by atoms with van der Waals surface area (Å²) in [5, 5.41) is 7.30. The molecule has 7 heteroatoms. The van der Waals surface area contributed by atoms with Crippen LogP contribution in [-0.2, 0) is 16.0 Å². The van der Waals surface area contributed by atoms with E-state index in [2.05, 4.69) is 15.6 Å². The Morgan fingerprint density at radius 1 is 1.37 bits per heavy atom. The number of hydrogen-bond acceptors (Lipinski definition) is 4. The van der Waals surface area contributed by atoms with E-state index in [-0.39, 0.29) is 5.82 Å². The summed E-state index contributed by atoms with van der Waals surface area (Å²) >= 11 is 0. The number of halogens is 1. The standard InChI is InChI=1S/C20H28FN3O3/c1-14-17-10-16(21)4-5-18(17)27-19(14)11-24-20(22-2)23-7-3-8-25-12-15-6-9-26-13-15/h4-5,10,15H,3,6-9,11-13H2,1-2H3,(H2,22,23,24). The number of ether oxygens (including phenoxy) is 2. The predicted octanol–water partition coefficient (Wildman–Crippen LogP) is 2.99. The molecular formula is C20H28FN3O3. The molecule has 1 saturated heterocycles. The molecule has 148 valence electrons. The molecule has 1 aliphatic heterocycles. The highest BCUT2D eigenvalue weighted by Gasteiger charge is 2.15. The van der Waals surface area contributed by atoms with Gasteiger partial charge < -0.3 is 24.5 Å². The van der Waals surface area contributed by atoms with E-state index in [0.717, 1.165) is 62.5 Å². The summed E-state index contributed by atoms with van der Waals surface area (Å²) < 4.78 is 30.3. The molecule has 3 rings (SSSR count). The van der Waals surface area contributed by atoms with Crippen molar-refractivity contribution < 1.29 is 18.3 Å². The first kappa shape index (κ1) is 19.6. The Labute approximate surface area is 159 Å². The van der Waals surface area contributed by atoms with Gasteiger partial charge in [0.1, 0.15) is 17.2 Å². The first-order valence-electron chi connectivity index (χ1n) is 9.45. The average Bonchev–Trinajstić information content (AvgIpc) is 3.29. The quantitative estimate of drug-likeness (QED) is 0.421. The number of hydrogen-bond donors (Lipinski definition) is 2. The normalized spacial score (nSPS) is 17.6. The maximum atomic E-state index is 13.4. The molecule has 1 unspecified atom stereocenters. The lowest BCUT2D eigenvalue weighted by molar-refractivity contribution is 0.0888. The molecule has 0 saturated carbocycles. The van der Waals surface area contributed by atoms with Crippen LogP contribution in [0.2, 0.25) is 0 Å². The molecule has 1 aromatic heterocycles. The van der Waals surface area contributed by atoms with E-state index >= 15 is 0 Å². The van der Waals surface area contributed by atoms with E-state index in [9.17, 15) is 4.39 Å². The van der Waals surface area contributed by atoms with Crippen molar-refractivity contribution in [3.63, 3.8) is 0 Å². The molecule has 2 heterocycles. The number of fused-ring (bicyclic) bond motifs is 1. The average molecular weight is 377 g/mol. The third-order valence-corrected chi connectivity index (χ3v) is 4.77. The highest BCUT2D eigenvalue weighted by atomic mass is 19.1. The number of furan rings is 1. The molecule has 0 amide bonds. The molecule has 27 heavy (non-hydrogen) atoms. The van der Waals surface area contributed by atoms with E-state index in [1.54, 1.807) is 13.1 Å². The molecule has 0 spiro atoms. The van der Waals surface area contributed by atoms with Crippen LogP contribution in [0.4, 0.5) is 4.39 Å². The van der Waals surface area contributed by atoms with E-state index in [0.29, 0.717) is 24.0 Å². The summed E-state index contributed by atoms with van der Waals surface area (Å²) in [5.74, 6) is 1.77. The summed E-state index contributed by atoms with van der Waals surface area (Å²) in [6.45, 7) is 6.36. The van der Waals surface area contributed by atoms with E-state index in [1.165, 1.54) is 12.1 Å². The lowest BCUT2D eigenvalue weighted by atomic mass is 10.1. The maximum absolute atomic E-state index is 13.4. The van der Waals surface area contributed by atoms with Crippen molar-refractivity contribution >= 4 is 16.9 Å². The number of aliphatic imine (C=N–C) groups is 1. The molecule has 2 N–H and O–H groups in total. The van der Waals surface area contributed by atoms with Crippen LogP contribution in [0.3, 0.4) is 0 Å². The summed E-state index contributed by atoms with van der Waals surface area (Å²) in [6.07, 6.45) is 2.00. The van der Waals surface area contributed by atoms with Crippen LogP contribution in [0.15, 0.2) is 27.6 Å². The summed E-state index contributed by atoms with van der Waals surface area (Å²) in [7, 11) is 1.73. The lowest BCUT2D eigenvalue weighted by Gasteiger charge is -2.12. The molecule has 0 radical (unpaired) electrons. The summed E-state index contributed by atoms with van der Waals surface area (Å²) in [5.41, 5.74) is 1.63. The van der Waals surface area contributed by atoms with Crippen molar-refractivity contribution in [2.45, 2.75) is 26.3 Å². The van der Waals surface area contributed by atoms with Gasteiger partial charge in [0.25, 0.3) is 0 Å². The van der Waals surface area contributed by atoms with Gasteiger partial charge in [-0.2, -0.15) is 0 Å². The zero-order valence-electron chi connectivity index (χ0n) is 16.0. The van der Waals surface area contributed by atoms with Crippen LogP contribution in [0.5, 0.6) is 0 Å². The number of guanidine groups is 1. The Bertz CT molecular complexity index is 769. The lowest BCUT2D eigenvalue weighted by Crippen LogP contribution is -2.37. The number of aryl methyl sites for hydroxylation is 1. The fourth-order valence-corrected chi connectivity index (χ4v) is 3.14. The van der Waals surface area contributed by atoms with Crippen molar-refractivity contribution in [3.8, 4) is 0 Å². The third-order valence-electron chi connectivity index (χ3n) is 4.77. The number of rotatable bonds is 8. The van der Waals surface area contributed by atoms with Crippen molar-refractivity contribution in [2.75, 3.05) is 40.0 Å².